The number of carbonyl (C=O) groups is 1. The van der Waals surface area contributed by atoms with E-state index < -0.39 is 0 Å². The summed E-state index contributed by atoms with van der Waals surface area (Å²) in [5.41, 5.74) is 3.01. The molecule has 3 aromatic rings. The number of pyridine rings is 1. The largest absolute Gasteiger partial charge is 0.351 e. The minimum atomic E-state index is -0.202. The summed E-state index contributed by atoms with van der Waals surface area (Å²) in [6.07, 6.45) is 3.49. The van der Waals surface area contributed by atoms with Crippen LogP contribution in [0.25, 0.3) is 11.0 Å². The van der Waals surface area contributed by atoms with Gasteiger partial charge in [-0.1, -0.05) is 43.8 Å². The Kier molecular flexibility index (Phi) is 5.38. The number of imidazole rings is 1. The number of rotatable bonds is 6. The van der Waals surface area contributed by atoms with Crippen molar-refractivity contribution >= 4 is 28.7 Å². The normalized spacial score (nSPS) is 12.5. The van der Waals surface area contributed by atoms with E-state index in [2.05, 4.69) is 29.1 Å². The van der Waals surface area contributed by atoms with Crippen LogP contribution >= 0.6 is 11.8 Å². The molecule has 0 bridgehead atoms. The lowest BCUT2D eigenvalue weighted by Crippen LogP contribution is -2.35. The molecule has 1 unspecified atom stereocenters. The molecule has 0 saturated carbocycles. The molecule has 6 heteroatoms. The molecule has 1 aromatic carbocycles. The third kappa shape index (κ3) is 4.02. The van der Waals surface area contributed by atoms with E-state index in [4.69, 9.17) is 0 Å². The second-order valence-corrected chi connectivity index (χ2v) is 7.41. The van der Waals surface area contributed by atoms with E-state index >= 15 is 0 Å². The average Bonchev–Trinajstić information content (AvgIpc) is 2.94. The zero-order valence-corrected chi connectivity index (χ0v) is 15.5. The van der Waals surface area contributed by atoms with Gasteiger partial charge in [0.25, 0.3) is 0 Å². The predicted octanol–water partition coefficient (Wildman–Crippen LogP) is 3.40. The Bertz CT molecular complexity index is 860. The van der Waals surface area contributed by atoms with Gasteiger partial charge in [0, 0.05) is 26.0 Å². The van der Waals surface area contributed by atoms with Crippen molar-refractivity contribution in [3.8, 4) is 0 Å². The highest BCUT2D eigenvalue weighted by Gasteiger charge is 2.25. The first kappa shape index (κ1) is 17.5. The number of hydrogen-bond acceptors (Lipinski definition) is 4. The van der Waals surface area contributed by atoms with Crippen LogP contribution in [-0.4, -0.2) is 25.7 Å². The molecule has 2 aromatic heterocycles. The third-order valence-electron chi connectivity index (χ3n) is 4.03. The fourth-order valence-corrected chi connectivity index (χ4v) is 3.72. The summed E-state index contributed by atoms with van der Waals surface area (Å²) in [5.74, 6) is 0.217. The summed E-state index contributed by atoms with van der Waals surface area (Å²) in [7, 11) is 1.99. The van der Waals surface area contributed by atoms with Crippen molar-refractivity contribution in [3.05, 3.63) is 54.4 Å². The first-order valence-corrected chi connectivity index (χ1v) is 9.19. The number of aryl methyl sites for hydroxylation is 1. The number of para-hydroxylation sites is 2. The highest BCUT2D eigenvalue weighted by molar-refractivity contribution is 8.00. The number of fused-ring (bicyclic) bond motifs is 1. The van der Waals surface area contributed by atoms with Gasteiger partial charge in [0.1, 0.15) is 0 Å². The molecule has 130 valence electrons. The molecule has 1 N–H and O–H groups in total. The van der Waals surface area contributed by atoms with E-state index in [1.165, 1.54) is 11.8 Å². The highest BCUT2D eigenvalue weighted by Crippen LogP contribution is 2.30. The average molecular weight is 354 g/mol. The van der Waals surface area contributed by atoms with Crippen LogP contribution in [0.5, 0.6) is 0 Å². The topological polar surface area (TPSA) is 59.8 Å². The van der Waals surface area contributed by atoms with E-state index in [0.717, 1.165) is 21.8 Å². The summed E-state index contributed by atoms with van der Waals surface area (Å²) < 4.78 is 2.05. The molecule has 0 radical (unpaired) electrons. The maximum absolute atomic E-state index is 12.7. The molecule has 0 fully saturated rings. The molecule has 2 heterocycles. The Labute approximate surface area is 151 Å². The van der Waals surface area contributed by atoms with E-state index in [9.17, 15) is 4.79 Å². The van der Waals surface area contributed by atoms with E-state index in [-0.39, 0.29) is 17.1 Å². The van der Waals surface area contributed by atoms with Crippen molar-refractivity contribution in [2.45, 2.75) is 30.8 Å². The van der Waals surface area contributed by atoms with Gasteiger partial charge in [-0.05, 0) is 29.7 Å². The molecule has 3 rings (SSSR count). The Morgan fingerprint density at radius 3 is 2.72 bits per heavy atom. The number of benzene rings is 1. The van der Waals surface area contributed by atoms with E-state index in [1.54, 1.807) is 12.4 Å². The lowest BCUT2D eigenvalue weighted by atomic mass is 10.1. The van der Waals surface area contributed by atoms with Crippen LogP contribution < -0.4 is 5.32 Å². The van der Waals surface area contributed by atoms with Gasteiger partial charge in [-0.25, -0.2) is 4.98 Å². The molecule has 0 spiro atoms. The predicted molar refractivity (Wildman–Crippen MR) is 101 cm³/mol. The van der Waals surface area contributed by atoms with E-state index in [0.29, 0.717) is 6.54 Å². The minimum Gasteiger partial charge on any atom is -0.351 e. The zero-order valence-electron chi connectivity index (χ0n) is 14.6. The Morgan fingerprint density at radius 1 is 1.24 bits per heavy atom. The van der Waals surface area contributed by atoms with Gasteiger partial charge in [-0.15, -0.1) is 0 Å². The first-order valence-electron chi connectivity index (χ1n) is 8.31. The molecule has 1 atom stereocenters. The number of amides is 1. The number of hydrogen-bond donors (Lipinski definition) is 1. The van der Waals surface area contributed by atoms with Gasteiger partial charge in [0.05, 0.1) is 16.3 Å². The van der Waals surface area contributed by atoms with E-state index in [1.807, 2.05) is 48.0 Å². The molecule has 5 nitrogen and oxygen atoms in total. The van der Waals surface area contributed by atoms with Gasteiger partial charge in [0.2, 0.25) is 5.91 Å². The van der Waals surface area contributed by atoms with Crippen molar-refractivity contribution in [2.75, 3.05) is 0 Å². The van der Waals surface area contributed by atoms with Crippen LogP contribution in [-0.2, 0) is 18.4 Å². The summed E-state index contributed by atoms with van der Waals surface area (Å²) in [6.45, 7) is 4.60. The number of nitrogens with one attached hydrogen (secondary N) is 1. The monoisotopic (exact) mass is 354 g/mol. The zero-order chi connectivity index (χ0) is 17.8. The number of nitrogens with zero attached hydrogens (tertiary/aromatic N) is 3. The van der Waals surface area contributed by atoms with Gasteiger partial charge in [0.15, 0.2) is 5.16 Å². The molecule has 25 heavy (non-hydrogen) atoms. The molecule has 1 amide bonds. The Balaban J connectivity index is 1.74. The quantitative estimate of drug-likeness (QED) is 0.689. The SMILES string of the molecule is CC(C)C(Sc1nc2ccccc2n1C)C(=O)NCc1cccnc1. The van der Waals surface area contributed by atoms with Crippen molar-refractivity contribution < 1.29 is 4.79 Å². The van der Waals surface area contributed by atoms with Crippen LogP contribution in [0.15, 0.2) is 53.9 Å². The molecular weight excluding hydrogens is 332 g/mol. The van der Waals surface area contributed by atoms with Crippen LogP contribution in [0.2, 0.25) is 0 Å². The molecule has 0 aliphatic heterocycles. The van der Waals surface area contributed by atoms with Gasteiger partial charge >= 0.3 is 0 Å². The maximum Gasteiger partial charge on any atom is 0.234 e. The summed E-state index contributed by atoms with van der Waals surface area (Å²) in [6, 6.07) is 11.8. The first-order chi connectivity index (χ1) is 12.1. The van der Waals surface area contributed by atoms with Crippen LogP contribution in [0.4, 0.5) is 0 Å². The van der Waals surface area contributed by atoms with Gasteiger partial charge < -0.3 is 9.88 Å². The van der Waals surface area contributed by atoms with Crippen LogP contribution in [0, 0.1) is 5.92 Å². The van der Waals surface area contributed by atoms with Crippen molar-refractivity contribution in [1.29, 1.82) is 0 Å². The number of thioether (sulfide) groups is 1. The third-order valence-corrected chi connectivity index (χ3v) is 5.62. The van der Waals surface area contributed by atoms with Gasteiger partial charge in [-0.3, -0.25) is 9.78 Å². The molecule has 0 aliphatic carbocycles. The smallest absolute Gasteiger partial charge is 0.234 e. The van der Waals surface area contributed by atoms with Crippen molar-refractivity contribution in [2.24, 2.45) is 13.0 Å². The van der Waals surface area contributed by atoms with Crippen molar-refractivity contribution in [1.82, 2.24) is 19.9 Å². The molecule has 0 saturated heterocycles. The minimum absolute atomic E-state index is 0.0240. The van der Waals surface area contributed by atoms with Crippen LogP contribution in [0.3, 0.4) is 0 Å². The second kappa shape index (κ2) is 7.70. The van der Waals surface area contributed by atoms with Crippen LogP contribution in [0.1, 0.15) is 19.4 Å². The molecular formula is C19H22N4OS. The number of aromatic nitrogens is 3. The summed E-state index contributed by atoms with van der Waals surface area (Å²) in [4.78, 5) is 21.4. The lowest BCUT2D eigenvalue weighted by molar-refractivity contribution is -0.121. The van der Waals surface area contributed by atoms with Gasteiger partial charge in [-0.2, -0.15) is 0 Å². The Hall–Kier alpha value is -2.34. The summed E-state index contributed by atoms with van der Waals surface area (Å²) in [5, 5.41) is 3.67. The highest BCUT2D eigenvalue weighted by atomic mass is 32.2. The Morgan fingerprint density at radius 2 is 2.04 bits per heavy atom. The maximum atomic E-state index is 12.7. The standard InChI is InChI=1S/C19H22N4OS/c1-13(2)17(18(24)21-12-14-7-6-10-20-11-14)25-19-22-15-8-4-5-9-16(15)23(19)3/h4-11,13,17H,12H2,1-3H3,(H,21,24). The summed E-state index contributed by atoms with van der Waals surface area (Å²) >= 11 is 1.52. The second-order valence-electron chi connectivity index (χ2n) is 6.30. The van der Waals surface area contributed by atoms with Crippen molar-refractivity contribution in [3.63, 3.8) is 0 Å². The number of carbonyl (C=O) groups excluding carboxylic acids is 1. The molecule has 0 aliphatic rings. The fourth-order valence-electron chi connectivity index (χ4n) is 2.63. The lowest BCUT2D eigenvalue weighted by Gasteiger charge is -2.19. The fraction of sp³-hybridized carbons (Fsp3) is 0.316.